The van der Waals surface area contributed by atoms with Crippen molar-refractivity contribution in [1.29, 1.82) is 0 Å². The van der Waals surface area contributed by atoms with Crippen molar-refractivity contribution in [3.8, 4) is 5.75 Å². The summed E-state index contributed by atoms with van der Waals surface area (Å²) >= 11 is 1.60. The topological polar surface area (TPSA) is 46.5 Å². The van der Waals surface area contributed by atoms with E-state index in [9.17, 15) is 9.90 Å². The molecule has 0 amide bonds. The lowest BCUT2D eigenvalue weighted by molar-refractivity contribution is 0.0695. The third-order valence-corrected chi connectivity index (χ3v) is 6.61. The number of aryl methyl sites for hydroxylation is 2. The first kappa shape index (κ1) is 28.9. The molecule has 0 unspecified atom stereocenters. The number of benzene rings is 1. The summed E-state index contributed by atoms with van der Waals surface area (Å²) in [6, 6.07) is 8.06. The summed E-state index contributed by atoms with van der Waals surface area (Å²) in [4.78, 5) is 13.7. The molecule has 1 aliphatic carbocycles. The summed E-state index contributed by atoms with van der Waals surface area (Å²) < 4.78 is 5.26. The van der Waals surface area contributed by atoms with E-state index in [1.165, 1.54) is 10.4 Å². The molecule has 1 aromatic carbocycles. The van der Waals surface area contributed by atoms with E-state index in [1.54, 1.807) is 35.6 Å². The highest BCUT2D eigenvalue weighted by Gasteiger charge is 2.32. The van der Waals surface area contributed by atoms with Gasteiger partial charge in [0.2, 0.25) is 0 Å². The van der Waals surface area contributed by atoms with Crippen LogP contribution in [0, 0.1) is 12.3 Å². The molecule has 1 aromatic heterocycles. The molecule has 2 aromatic rings. The summed E-state index contributed by atoms with van der Waals surface area (Å²) in [5.41, 5.74) is 3.76. The number of carboxylic acid groups (broad SMARTS) is 1. The molecule has 1 heterocycles. The van der Waals surface area contributed by atoms with Crippen LogP contribution >= 0.6 is 11.3 Å². The number of aromatic carboxylic acids is 1. The maximum Gasteiger partial charge on any atom is 0.337 e. The lowest BCUT2D eigenvalue weighted by Crippen LogP contribution is -2.22. The molecule has 182 valence electrons. The van der Waals surface area contributed by atoms with Crippen LogP contribution in [0.2, 0.25) is 0 Å². The number of allylic oxidation sites excluding steroid dienone is 6. The minimum absolute atomic E-state index is 0.173. The van der Waals surface area contributed by atoms with Crippen molar-refractivity contribution in [3.63, 3.8) is 0 Å². The van der Waals surface area contributed by atoms with Crippen LogP contribution in [-0.2, 0) is 12.8 Å². The summed E-state index contributed by atoms with van der Waals surface area (Å²) in [5, 5.41) is 9.61. The van der Waals surface area contributed by atoms with Gasteiger partial charge in [-0.1, -0.05) is 88.2 Å². The van der Waals surface area contributed by atoms with Gasteiger partial charge in [-0.05, 0) is 61.8 Å². The van der Waals surface area contributed by atoms with Gasteiger partial charge >= 0.3 is 5.97 Å². The van der Waals surface area contributed by atoms with Crippen molar-refractivity contribution in [2.45, 2.75) is 47.0 Å². The zero-order valence-electron chi connectivity index (χ0n) is 21.0. The zero-order valence-corrected chi connectivity index (χ0v) is 21.8. The number of carbonyl (C=O) groups is 1. The Bertz CT molecular complexity index is 1010. The van der Waals surface area contributed by atoms with Gasteiger partial charge in [0.05, 0.1) is 12.2 Å². The van der Waals surface area contributed by atoms with Gasteiger partial charge in [-0.3, -0.25) is 0 Å². The van der Waals surface area contributed by atoms with Crippen molar-refractivity contribution in [2.24, 2.45) is 5.41 Å². The number of thiophene rings is 1. The van der Waals surface area contributed by atoms with E-state index >= 15 is 0 Å². The molecule has 1 aliphatic rings. The van der Waals surface area contributed by atoms with E-state index in [-0.39, 0.29) is 5.41 Å². The van der Waals surface area contributed by atoms with Crippen LogP contribution in [0.1, 0.15) is 58.4 Å². The Balaban J connectivity index is 0.000000343. The predicted molar refractivity (Wildman–Crippen MR) is 148 cm³/mol. The molecular weight excluding hydrogens is 440 g/mol. The summed E-state index contributed by atoms with van der Waals surface area (Å²) in [6.45, 7) is 23.4. The lowest BCUT2D eigenvalue weighted by Gasteiger charge is -2.29. The first-order chi connectivity index (χ1) is 16.1. The minimum atomic E-state index is -0.841. The zero-order chi connectivity index (χ0) is 25.7. The molecule has 0 spiro atoms. The average Bonchev–Trinajstić information content (AvgIpc) is 3.17. The number of fused-ring (bicyclic) bond motifs is 1. The van der Waals surface area contributed by atoms with Gasteiger partial charge in [-0.2, -0.15) is 0 Å². The molecule has 0 saturated carbocycles. The second-order valence-electron chi connectivity index (χ2n) is 8.63. The molecule has 4 heteroatoms. The summed E-state index contributed by atoms with van der Waals surface area (Å²) in [6.07, 6.45) is 11.4. The van der Waals surface area contributed by atoms with Gasteiger partial charge in [0.1, 0.15) is 5.75 Å². The fraction of sp³-hybridized carbons (Fsp3) is 0.300. The van der Waals surface area contributed by atoms with Crippen molar-refractivity contribution in [2.75, 3.05) is 6.61 Å². The molecule has 0 radical (unpaired) electrons. The quantitative estimate of drug-likeness (QED) is 0.406. The van der Waals surface area contributed by atoms with Gasteiger partial charge in [0.15, 0.2) is 0 Å². The second-order valence-corrected chi connectivity index (χ2v) is 9.74. The van der Waals surface area contributed by atoms with Gasteiger partial charge in [-0.15, -0.1) is 11.3 Å². The van der Waals surface area contributed by atoms with Crippen LogP contribution in [-0.4, -0.2) is 17.7 Å². The Labute approximate surface area is 209 Å². The van der Waals surface area contributed by atoms with Gasteiger partial charge in [0.25, 0.3) is 0 Å². The van der Waals surface area contributed by atoms with Crippen LogP contribution in [0.5, 0.6) is 5.75 Å². The van der Waals surface area contributed by atoms with E-state index in [0.717, 1.165) is 47.6 Å². The number of hydrogen-bond donors (Lipinski definition) is 1. The largest absolute Gasteiger partial charge is 0.494 e. The maximum absolute atomic E-state index is 11.7. The highest BCUT2D eigenvalue weighted by atomic mass is 32.1. The van der Waals surface area contributed by atoms with E-state index in [4.69, 9.17) is 4.74 Å². The predicted octanol–water partition coefficient (Wildman–Crippen LogP) is 8.47. The standard InChI is InChI=1S/C17H20O2S.C9H12O.C4H6/c1-5-7-11(6-2)15-14(16(18)19)12-10-17(3,4)9-8-13(12)20-15;1-3-10-9-6-4-8(2)5-7-9;1-3-4-2/h5-7H,1-2,8-10H2,3-4H3,(H,18,19);4-7H,3H2,1-2H3;3-4H,1-2H2/b11-7+;;. The van der Waals surface area contributed by atoms with Gasteiger partial charge in [-0.25, -0.2) is 4.79 Å². The van der Waals surface area contributed by atoms with E-state index in [2.05, 4.69) is 47.1 Å². The highest BCUT2D eigenvalue weighted by Crippen LogP contribution is 2.43. The molecule has 0 bridgehead atoms. The van der Waals surface area contributed by atoms with E-state index in [1.807, 2.05) is 37.3 Å². The number of ether oxygens (including phenoxy) is 1. The maximum atomic E-state index is 11.7. The first-order valence-electron chi connectivity index (χ1n) is 11.4. The van der Waals surface area contributed by atoms with Crippen molar-refractivity contribution >= 4 is 22.9 Å². The Kier molecular flexibility index (Phi) is 12.1. The Hall–Kier alpha value is -3.11. The fourth-order valence-corrected chi connectivity index (χ4v) is 4.84. The first-order valence-corrected chi connectivity index (χ1v) is 12.2. The molecule has 1 N–H and O–H groups in total. The molecule has 0 aliphatic heterocycles. The molecule has 0 atom stereocenters. The molecule has 3 nitrogen and oxygen atoms in total. The van der Waals surface area contributed by atoms with Gasteiger partial charge < -0.3 is 9.84 Å². The second kappa shape index (κ2) is 14.2. The molecule has 3 rings (SSSR count). The Morgan fingerprint density at radius 3 is 2.21 bits per heavy atom. The Morgan fingerprint density at radius 2 is 1.74 bits per heavy atom. The Morgan fingerprint density at radius 1 is 1.12 bits per heavy atom. The normalized spacial score (nSPS) is 13.6. The van der Waals surface area contributed by atoms with Crippen LogP contribution < -0.4 is 4.74 Å². The van der Waals surface area contributed by atoms with Crippen LogP contribution in [0.4, 0.5) is 0 Å². The van der Waals surface area contributed by atoms with Crippen molar-refractivity contribution in [3.05, 3.63) is 107 Å². The van der Waals surface area contributed by atoms with E-state index in [0.29, 0.717) is 5.56 Å². The molecule has 34 heavy (non-hydrogen) atoms. The third-order valence-electron chi connectivity index (χ3n) is 5.27. The molecule has 0 fully saturated rings. The lowest BCUT2D eigenvalue weighted by atomic mass is 9.76. The minimum Gasteiger partial charge on any atom is -0.494 e. The number of rotatable bonds is 7. The van der Waals surface area contributed by atoms with Crippen LogP contribution in [0.15, 0.2) is 81.0 Å². The fourth-order valence-electron chi connectivity index (χ4n) is 3.51. The third kappa shape index (κ3) is 8.68. The van der Waals surface area contributed by atoms with Crippen LogP contribution in [0.3, 0.4) is 0 Å². The monoisotopic (exact) mass is 478 g/mol. The van der Waals surface area contributed by atoms with Crippen molar-refractivity contribution < 1.29 is 14.6 Å². The smallest absolute Gasteiger partial charge is 0.337 e. The number of hydrogen-bond acceptors (Lipinski definition) is 3. The summed E-state index contributed by atoms with van der Waals surface area (Å²) in [5.74, 6) is 0.111. The SMILES string of the molecule is C=C/C=C(\C=C)c1sc2c(c1C(=O)O)CC(C)(C)CC2.C=CC=C.CCOc1ccc(C)cc1. The van der Waals surface area contributed by atoms with Gasteiger partial charge in [0, 0.05) is 9.75 Å². The summed E-state index contributed by atoms with van der Waals surface area (Å²) in [7, 11) is 0. The van der Waals surface area contributed by atoms with Crippen molar-refractivity contribution in [1.82, 2.24) is 0 Å². The average molecular weight is 479 g/mol. The molecular formula is C30H38O3S. The molecule has 0 saturated heterocycles. The number of carboxylic acids is 1. The van der Waals surface area contributed by atoms with E-state index < -0.39 is 5.97 Å². The highest BCUT2D eigenvalue weighted by molar-refractivity contribution is 7.13. The van der Waals surface area contributed by atoms with Crippen LogP contribution in [0.25, 0.3) is 5.57 Å².